The summed E-state index contributed by atoms with van der Waals surface area (Å²) >= 11 is 0. The highest BCUT2D eigenvalue weighted by Crippen LogP contribution is 2.20. The molecule has 1 rings (SSSR count). The van der Waals surface area contributed by atoms with Gasteiger partial charge < -0.3 is 15.7 Å². The Labute approximate surface area is 122 Å². The number of aliphatic hydroxyl groups excluding tert-OH is 1. The minimum Gasteiger partial charge on any atom is -0.394 e. The molecule has 5 nitrogen and oxygen atoms in total. The van der Waals surface area contributed by atoms with Crippen LogP contribution in [0.15, 0.2) is 0 Å². The standard InChI is InChI=1S/C13H24F3N3O2/c1-3-5-12(2,9-20)18-11(21)17-10-4-6-19(7-10)8-13(14,15)16/h10,20H,3-9H2,1-2H3,(H2,17,18,21). The number of carbonyl (C=O) groups excluding carboxylic acids is 1. The molecule has 1 saturated heterocycles. The smallest absolute Gasteiger partial charge is 0.394 e. The summed E-state index contributed by atoms with van der Waals surface area (Å²) in [7, 11) is 0. The number of hydrogen-bond acceptors (Lipinski definition) is 3. The van der Waals surface area contributed by atoms with Crippen LogP contribution in [0.4, 0.5) is 18.0 Å². The number of alkyl halides is 3. The van der Waals surface area contributed by atoms with Gasteiger partial charge in [-0.1, -0.05) is 13.3 Å². The van der Waals surface area contributed by atoms with Gasteiger partial charge in [-0.25, -0.2) is 4.79 Å². The fourth-order valence-electron chi connectivity index (χ4n) is 2.58. The van der Waals surface area contributed by atoms with Crippen molar-refractivity contribution < 1.29 is 23.1 Å². The second-order valence-electron chi connectivity index (χ2n) is 5.90. The van der Waals surface area contributed by atoms with E-state index in [1.165, 1.54) is 4.90 Å². The molecule has 1 aliphatic heterocycles. The fraction of sp³-hybridized carbons (Fsp3) is 0.923. The van der Waals surface area contributed by atoms with Crippen LogP contribution < -0.4 is 10.6 Å². The molecule has 0 spiro atoms. The topological polar surface area (TPSA) is 64.6 Å². The second kappa shape index (κ2) is 7.31. The van der Waals surface area contributed by atoms with Crippen LogP contribution in [0.2, 0.25) is 0 Å². The summed E-state index contributed by atoms with van der Waals surface area (Å²) in [6.45, 7) is 3.06. The number of aliphatic hydroxyl groups is 1. The van der Waals surface area contributed by atoms with Crippen molar-refractivity contribution in [3.05, 3.63) is 0 Å². The van der Waals surface area contributed by atoms with Crippen LogP contribution in [-0.2, 0) is 0 Å². The molecule has 2 amide bonds. The average molecular weight is 311 g/mol. The summed E-state index contributed by atoms with van der Waals surface area (Å²) in [6, 6.07) is -0.740. The summed E-state index contributed by atoms with van der Waals surface area (Å²) in [5.74, 6) is 0. The van der Waals surface area contributed by atoms with E-state index in [0.717, 1.165) is 6.42 Å². The molecule has 0 aromatic carbocycles. The molecule has 2 unspecified atom stereocenters. The van der Waals surface area contributed by atoms with E-state index in [2.05, 4.69) is 10.6 Å². The lowest BCUT2D eigenvalue weighted by Gasteiger charge is -2.29. The summed E-state index contributed by atoms with van der Waals surface area (Å²) in [5, 5.41) is 14.7. The molecular weight excluding hydrogens is 287 g/mol. The molecule has 124 valence electrons. The first-order valence-electron chi connectivity index (χ1n) is 7.16. The Balaban J connectivity index is 2.39. The summed E-state index contributed by atoms with van der Waals surface area (Å²) in [5.41, 5.74) is -0.705. The quantitative estimate of drug-likeness (QED) is 0.696. The highest BCUT2D eigenvalue weighted by atomic mass is 19.4. The zero-order valence-corrected chi connectivity index (χ0v) is 12.5. The molecular formula is C13H24F3N3O2. The van der Waals surface area contributed by atoms with E-state index in [1.807, 2.05) is 6.92 Å². The largest absolute Gasteiger partial charge is 0.401 e. The molecule has 0 aromatic rings. The van der Waals surface area contributed by atoms with Gasteiger partial charge in [-0.05, 0) is 19.8 Å². The van der Waals surface area contributed by atoms with E-state index in [9.17, 15) is 23.1 Å². The normalized spacial score (nSPS) is 22.9. The molecule has 0 saturated carbocycles. The number of carbonyl (C=O) groups is 1. The van der Waals surface area contributed by atoms with Gasteiger partial charge in [0.2, 0.25) is 0 Å². The van der Waals surface area contributed by atoms with Gasteiger partial charge in [0.15, 0.2) is 0 Å². The zero-order valence-electron chi connectivity index (χ0n) is 12.5. The Hall–Kier alpha value is -1.02. The second-order valence-corrected chi connectivity index (χ2v) is 5.90. The number of likely N-dealkylation sites (tertiary alicyclic amines) is 1. The summed E-state index contributed by atoms with van der Waals surface area (Å²) < 4.78 is 36.8. The van der Waals surface area contributed by atoms with Crippen LogP contribution in [-0.4, -0.2) is 60.0 Å². The Morgan fingerprint density at radius 1 is 1.43 bits per heavy atom. The number of amides is 2. The van der Waals surface area contributed by atoms with Crippen LogP contribution in [0.1, 0.15) is 33.1 Å². The number of nitrogens with one attached hydrogen (secondary N) is 2. The Kier molecular flexibility index (Phi) is 6.27. The van der Waals surface area contributed by atoms with Crippen molar-refractivity contribution in [2.75, 3.05) is 26.2 Å². The average Bonchev–Trinajstić information content (AvgIpc) is 2.73. The first-order valence-corrected chi connectivity index (χ1v) is 7.16. The lowest BCUT2D eigenvalue weighted by molar-refractivity contribution is -0.143. The molecule has 1 heterocycles. The van der Waals surface area contributed by atoms with Crippen LogP contribution in [0.25, 0.3) is 0 Å². The molecule has 3 N–H and O–H groups in total. The van der Waals surface area contributed by atoms with Gasteiger partial charge in [0.05, 0.1) is 18.7 Å². The maximum absolute atomic E-state index is 12.3. The zero-order chi connectivity index (χ0) is 16.1. The van der Waals surface area contributed by atoms with E-state index in [4.69, 9.17) is 0 Å². The van der Waals surface area contributed by atoms with E-state index < -0.39 is 24.3 Å². The maximum atomic E-state index is 12.3. The molecule has 21 heavy (non-hydrogen) atoms. The third-order valence-electron chi connectivity index (χ3n) is 3.58. The molecule has 0 radical (unpaired) electrons. The number of nitrogens with zero attached hydrogens (tertiary/aromatic N) is 1. The highest BCUT2D eigenvalue weighted by molar-refractivity contribution is 5.75. The predicted octanol–water partition coefficient (Wildman–Crippen LogP) is 1.47. The molecule has 0 aliphatic carbocycles. The number of rotatable bonds is 6. The van der Waals surface area contributed by atoms with Crippen molar-refractivity contribution in [3.8, 4) is 0 Å². The highest BCUT2D eigenvalue weighted by Gasteiger charge is 2.35. The molecule has 2 atom stereocenters. The van der Waals surface area contributed by atoms with Gasteiger partial charge in [-0.15, -0.1) is 0 Å². The van der Waals surface area contributed by atoms with Gasteiger partial charge in [-0.3, -0.25) is 4.90 Å². The van der Waals surface area contributed by atoms with Gasteiger partial charge in [0.1, 0.15) is 0 Å². The Morgan fingerprint density at radius 3 is 2.62 bits per heavy atom. The van der Waals surface area contributed by atoms with Crippen molar-refractivity contribution in [1.82, 2.24) is 15.5 Å². The summed E-state index contributed by atoms with van der Waals surface area (Å²) in [6.07, 6.45) is -2.29. The molecule has 0 bridgehead atoms. The first-order chi connectivity index (χ1) is 9.67. The first kappa shape index (κ1) is 18.0. The van der Waals surface area contributed by atoms with Crippen molar-refractivity contribution in [2.45, 2.75) is 50.9 Å². The molecule has 1 fully saturated rings. The van der Waals surface area contributed by atoms with Crippen LogP contribution >= 0.6 is 0 Å². The minimum atomic E-state index is -4.21. The minimum absolute atomic E-state index is 0.181. The third-order valence-corrected chi connectivity index (χ3v) is 3.58. The summed E-state index contributed by atoms with van der Waals surface area (Å²) in [4.78, 5) is 13.1. The van der Waals surface area contributed by atoms with E-state index in [1.54, 1.807) is 6.92 Å². The van der Waals surface area contributed by atoms with Gasteiger partial charge in [-0.2, -0.15) is 13.2 Å². The van der Waals surface area contributed by atoms with Gasteiger partial charge >= 0.3 is 12.2 Å². The van der Waals surface area contributed by atoms with E-state index >= 15 is 0 Å². The lowest BCUT2D eigenvalue weighted by atomic mass is 9.97. The van der Waals surface area contributed by atoms with Gasteiger partial charge in [0.25, 0.3) is 0 Å². The molecule has 1 aliphatic rings. The monoisotopic (exact) mass is 311 g/mol. The van der Waals surface area contributed by atoms with Gasteiger partial charge in [0, 0.05) is 19.1 Å². The SMILES string of the molecule is CCCC(C)(CO)NC(=O)NC1CCN(CC(F)(F)F)C1. The van der Waals surface area contributed by atoms with E-state index in [0.29, 0.717) is 19.4 Å². The van der Waals surface area contributed by atoms with E-state index in [-0.39, 0.29) is 19.2 Å². The third kappa shape index (κ3) is 6.52. The maximum Gasteiger partial charge on any atom is 0.401 e. The van der Waals surface area contributed by atoms with Crippen molar-refractivity contribution in [1.29, 1.82) is 0 Å². The molecule has 8 heteroatoms. The van der Waals surface area contributed by atoms with Crippen molar-refractivity contribution >= 4 is 6.03 Å². The van der Waals surface area contributed by atoms with Crippen LogP contribution in [0.5, 0.6) is 0 Å². The molecule has 0 aromatic heterocycles. The fourth-order valence-corrected chi connectivity index (χ4v) is 2.58. The lowest BCUT2D eigenvalue weighted by Crippen LogP contribution is -2.54. The van der Waals surface area contributed by atoms with Crippen molar-refractivity contribution in [2.24, 2.45) is 0 Å². The predicted molar refractivity (Wildman–Crippen MR) is 73.0 cm³/mol. The number of halogens is 3. The van der Waals surface area contributed by atoms with Crippen molar-refractivity contribution in [3.63, 3.8) is 0 Å². The Bertz CT molecular complexity index is 352. The number of hydrogen-bond donors (Lipinski definition) is 3. The van der Waals surface area contributed by atoms with Crippen LogP contribution in [0, 0.1) is 0 Å². The van der Waals surface area contributed by atoms with Crippen LogP contribution in [0.3, 0.4) is 0 Å². The number of urea groups is 1. The Morgan fingerprint density at radius 2 is 2.10 bits per heavy atom.